The van der Waals surface area contributed by atoms with E-state index in [2.05, 4.69) is 34.4 Å². The van der Waals surface area contributed by atoms with E-state index in [0.717, 1.165) is 22.5 Å². The van der Waals surface area contributed by atoms with E-state index in [1.54, 1.807) is 0 Å². The standard InChI is InChI=1S/C14H19N3S/c1-3-14(5-4-6-14)9-17-12-11(16-13(17)18)7-10(2)8-15-12/h7-8H,3-6,9H2,1-2H3,(H,16,18). The van der Waals surface area contributed by atoms with E-state index < -0.39 is 0 Å². The Kier molecular flexibility index (Phi) is 2.77. The summed E-state index contributed by atoms with van der Waals surface area (Å²) in [6.07, 6.45) is 7.15. The highest BCUT2D eigenvalue weighted by molar-refractivity contribution is 7.71. The van der Waals surface area contributed by atoms with Crippen molar-refractivity contribution in [2.45, 2.75) is 46.1 Å². The monoisotopic (exact) mass is 261 g/mol. The van der Waals surface area contributed by atoms with Crippen molar-refractivity contribution in [2.75, 3.05) is 0 Å². The lowest BCUT2D eigenvalue weighted by molar-refractivity contribution is 0.101. The predicted molar refractivity (Wildman–Crippen MR) is 76.2 cm³/mol. The molecule has 0 amide bonds. The lowest BCUT2D eigenvalue weighted by Gasteiger charge is -2.41. The number of fused-ring (bicyclic) bond motifs is 1. The molecular formula is C14H19N3S. The van der Waals surface area contributed by atoms with E-state index >= 15 is 0 Å². The average Bonchev–Trinajstić information content (AvgIpc) is 2.59. The number of aromatic amines is 1. The van der Waals surface area contributed by atoms with Crippen molar-refractivity contribution in [1.82, 2.24) is 14.5 Å². The van der Waals surface area contributed by atoms with Gasteiger partial charge < -0.3 is 9.55 Å². The Morgan fingerprint density at radius 1 is 1.50 bits per heavy atom. The van der Waals surface area contributed by atoms with Crippen LogP contribution in [0, 0.1) is 17.1 Å². The van der Waals surface area contributed by atoms with Crippen molar-refractivity contribution >= 4 is 23.4 Å². The molecule has 1 N–H and O–H groups in total. The summed E-state index contributed by atoms with van der Waals surface area (Å²) in [4.78, 5) is 7.82. The number of hydrogen-bond acceptors (Lipinski definition) is 2. The van der Waals surface area contributed by atoms with Gasteiger partial charge in [-0.25, -0.2) is 4.98 Å². The van der Waals surface area contributed by atoms with Gasteiger partial charge in [0.1, 0.15) is 0 Å². The number of rotatable bonds is 3. The van der Waals surface area contributed by atoms with E-state index in [9.17, 15) is 0 Å². The van der Waals surface area contributed by atoms with E-state index in [0.29, 0.717) is 5.41 Å². The molecule has 2 heterocycles. The third kappa shape index (κ3) is 1.79. The SMILES string of the molecule is CCC1(Cn2c(=S)[nH]c3cc(C)cnc32)CCC1. The smallest absolute Gasteiger partial charge is 0.179 e. The molecule has 0 unspecified atom stereocenters. The van der Waals surface area contributed by atoms with Crippen molar-refractivity contribution in [3.8, 4) is 0 Å². The summed E-state index contributed by atoms with van der Waals surface area (Å²) in [7, 11) is 0. The van der Waals surface area contributed by atoms with Crippen molar-refractivity contribution in [3.05, 3.63) is 22.6 Å². The fourth-order valence-electron chi connectivity index (χ4n) is 2.93. The normalized spacial score (nSPS) is 17.9. The number of nitrogens with zero attached hydrogens (tertiary/aromatic N) is 2. The minimum atomic E-state index is 0.458. The molecule has 1 aliphatic carbocycles. The number of aryl methyl sites for hydroxylation is 1. The highest BCUT2D eigenvalue weighted by Gasteiger charge is 2.36. The number of aromatic nitrogens is 3. The first kappa shape index (κ1) is 11.9. The van der Waals surface area contributed by atoms with Crippen LogP contribution in [0.15, 0.2) is 12.3 Å². The topological polar surface area (TPSA) is 33.6 Å². The Morgan fingerprint density at radius 3 is 2.89 bits per heavy atom. The minimum absolute atomic E-state index is 0.458. The van der Waals surface area contributed by atoms with Gasteiger partial charge in [0, 0.05) is 12.7 Å². The van der Waals surface area contributed by atoms with Gasteiger partial charge in [-0.2, -0.15) is 0 Å². The van der Waals surface area contributed by atoms with Crippen LogP contribution in [0.1, 0.15) is 38.2 Å². The van der Waals surface area contributed by atoms with Gasteiger partial charge in [0.25, 0.3) is 0 Å². The van der Waals surface area contributed by atoms with Gasteiger partial charge in [0.05, 0.1) is 5.52 Å². The zero-order chi connectivity index (χ0) is 12.8. The van der Waals surface area contributed by atoms with Crippen LogP contribution < -0.4 is 0 Å². The molecule has 0 saturated heterocycles. The number of nitrogens with one attached hydrogen (secondary N) is 1. The fraction of sp³-hybridized carbons (Fsp3) is 0.571. The first-order valence-electron chi connectivity index (χ1n) is 6.69. The van der Waals surface area contributed by atoms with Gasteiger partial charge in [0.15, 0.2) is 10.4 Å². The second-order valence-electron chi connectivity index (χ2n) is 5.61. The van der Waals surface area contributed by atoms with Gasteiger partial charge in [0.2, 0.25) is 0 Å². The molecule has 3 nitrogen and oxygen atoms in total. The second kappa shape index (κ2) is 4.19. The first-order chi connectivity index (χ1) is 8.63. The summed E-state index contributed by atoms with van der Waals surface area (Å²) in [6.45, 7) is 5.35. The molecule has 96 valence electrons. The largest absolute Gasteiger partial charge is 0.329 e. The number of pyridine rings is 1. The molecule has 0 bridgehead atoms. The molecule has 0 aromatic carbocycles. The average molecular weight is 261 g/mol. The van der Waals surface area contributed by atoms with Gasteiger partial charge in [-0.1, -0.05) is 13.3 Å². The molecule has 2 aromatic heterocycles. The number of imidazole rings is 1. The summed E-state index contributed by atoms with van der Waals surface area (Å²) >= 11 is 5.45. The van der Waals surface area contributed by atoms with E-state index in [1.165, 1.54) is 31.2 Å². The summed E-state index contributed by atoms with van der Waals surface area (Å²) in [5.74, 6) is 0. The van der Waals surface area contributed by atoms with Gasteiger partial charge in [-0.3, -0.25) is 0 Å². The molecule has 0 radical (unpaired) electrons. The van der Waals surface area contributed by atoms with Gasteiger partial charge in [-0.05, 0) is 55.4 Å². The maximum atomic E-state index is 5.45. The molecular weight excluding hydrogens is 242 g/mol. The van der Waals surface area contributed by atoms with E-state index in [-0.39, 0.29) is 0 Å². The Labute approximate surface area is 112 Å². The molecule has 18 heavy (non-hydrogen) atoms. The quantitative estimate of drug-likeness (QED) is 0.848. The van der Waals surface area contributed by atoms with Crippen LogP contribution in [0.4, 0.5) is 0 Å². The van der Waals surface area contributed by atoms with Crippen molar-refractivity contribution in [1.29, 1.82) is 0 Å². The summed E-state index contributed by atoms with van der Waals surface area (Å²) in [6, 6.07) is 2.12. The third-order valence-electron chi connectivity index (χ3n) is 4.40. The van der Waals surface area contributed by atoms with E-state index in [4.69, 9.17) is 12.2 Å². The van der Waals surface area contributed by atoms with Crippen LogP contribution in [0.3, 0.4) is 0 Å². The summed E-state index contributed by atoms with van der Waals surface area (Å²) in [5.41, 5.74) is 3.69. The zero-order valence-electron chi connectivity index (χ0n) is 11.0. The lowest BCUT2D eigenvalue weighted by atomic mass is 9.67. The second-order valence-corrected chi connectivity index (χ2v) is 5.99. The zero-order valence-corrected chi connectivity index (χ0v) is 11.8. The molecule has 1 aliphatic rings. The van der Waals surface area contributed by atoms with E-state index in [1.807, 2.05) is 6.20 Å². The molecule has 1 saturated carbocycles. The minimum Gasteiger partial charge on any atom is -0.329 e. The van der Waals surface area contributed by atoms with Crippen LogP contribution in [-0.4, -0.2) is 14.5 Å². The summed E-state index contributed by atoms with van der Waals surface area (Å²) in [5, 5.41) is 0. The fourth-order valence-corrected chi connectivity index (χ4v) is 3.19. The van der Waals surface area contributed by atoms with Crippen molar-refractivity contribution in [2.24, 2.45) is 5.41 Å². The number of H-pyrrole nitrogens is 1. The molecule has 0 aliphatic heterocycles. The molecule has 2 aromatic rings. The Bertz CT molecular complexity index is 629. The Balaban J connectivity index is 2.06. The number of hydrogen-bond donors (Lipinski definition) is 1. The highest BCUT2D eigenvalue weighted by Crippen LogP contribution is 2.45. The Morgan fingerprint density at radius 2 is 2.28 bits per heavy atom. The predicted octanol–water partition coefficient (Wildman–Crippen LogP) is 3.98. The van der Waals surface area contributed by atoms with Crippen LogP contribution in [0.2, 0.25) is 0 Å². The van der Waals surface area contributed by atoms with Crippen molar-refractivity contribution < 1.29 is 0 Å². The first-order valence-corrected chi connectivity index (χ1v) is 7.09. The Hall–Kier alpha value is -1.16. The maximum absolute atomic E-state index is 5.45. The molecule has 0 atom stereocenters. The molecule has 0 spiro atoms. The lowest BCUT2D eigenvalue weighted by Crippen LogP contribution is -2.33. The molecule has 3 rings (SSSR count). The molecule has 4 heteroatoms. The van der Waals surface area contributed by atoms with Crippen LogP contribution in [0.25, 0.3) is 11.2 Å². The van der Waals surface area contributed by atoms with Crippen LogP contribution >= 0.6 is 12.2 Å². The third-order valence-corrected chi connectivity index (χ3v) is 4.73. The van der Waals surface area contributed by atoms with Crippen LogP contribution in [0.5, 0.6) is 0 Å². The van der Waals surface area contributed by atoms with Crippen LogP contribution in [-0.2, 0) is 6.54 Å². The van der Waals surface area contributed by atoms with Crippen molar-refractivity contribution in [3.63, 3.8) is 0 Å². The molecule has 1 fully saturated rings. The highest BCUT2D eigenvalue weighted by atomic mass is 32.1. The maximum Gasteiger partial charge on any atom is 0.179 e. The van der Waals surface area contributed by atoms with Gasteiger partial charge >= 0.3 is 0 Å². The van der Waals surface area contributed by atoms with Gasteiger partial charge in [-0.15, -0.1) is 0 Å². The summed E-state index contributed by atoms with van der Waals surface area (Å²) < 4.78 is 3.00.